The number of methoxy groups -OCH3 is 2. The van der Waals surface area contributed by atoms with Crippen LogP contribution in [0.5, 0.6) is 5.75 Å². The number of rotatable bonds is 5. The Morgan fingerprint density at radius 1 is 1.44 bits per heavy atom. The van der Waals surface area contributed by atoms with E-state index in [4.69, 9.17) is 26.1 Å². The van der Waals surface area contributed by atoms with Crippen LogP contribution in [0.2, 0.25) is 0 Å². The molecule has 1 aliphatic heterocycles. The van der Waals surface area contributed by atoms with Crippen LogP contribution in [0.15, 0.2) is 28.7 Å². The first-order valence-electron chi connectivity index (χ1n) is 7.84. The number of ether oxygens (including phenoxy) is 2. The predicted molar refractivity (Wildman–Crippen MR) is 89.6 cm³/mol. The van der Waals surface area contributed by atoms with Gasteiger partial charge in [0.2, 0.25) is 5.89 Å². The number of aliphatic hydroxyl groups excluding tert-OH is 1. The lowest BCUT2D eigenvalue weighted by Crippen LogP contribution is -3.14. The average molecular weight is 366 g/mol. The first-order valence-corrected chi connectivity index (χ1v) is 8.25. The van der Waals surface area contributed by atoms with Gasteiger partial charge in [-0.05, 0) is 36.5 Å². The van der Waals surface area contributed by atoms with Gasteiger partial charge in [-0.1, -0.05) is 0 Å². The molecule has 1 fully saturated rings. The molecule has 2 N–H and O–H groups in total. The highest BCUT2D eigenvalue weighted by atomic mass is 32.1. The number of hydrogen-bond donors (Lipinski definition) is 2. The van der Waals surface area contributed by atoms with Crippen molar-refractivity contribution < 1.29 is 28.7 Å². The van der Waals surface area contributed by atoms with Crippen LogP contribution < -0.4 is 9.64 Å². The second-order valence-electron chi connectivity index (χ2n) is 5.89. The summed E-state index contributed by atoms with van der Waals surface area (Å²) in [6.07, 6.45) is -0.195. The molecule has 0 spiro atoms. The van der Waals surface area contributed by atoms with Crippen molar-refractivity contribution in [2.45, 2.75) is 25.2 Å². The third-order valence-electron chi connectivity index (χ3n) is 4.28. The fourth-order valence-corrected chi connectivity index (χ4v) is 3.18. The minimum absolute atomic E-state index is 0.211. The van der Waals surface area contributed by atoms with Crippen molar-refractivity contribution in [3.8, 4) is 17.2 Å². The lowest BCUT2D eigenvalue weighted by molar-refractivity contribution is -0.928. The molecule has 2 heterocycles. The summed E-state index contributed by atoms with van der Waals surface area (Å²) < 4.78 is 17.0. The van der Waals surface area contributed by atoms with Gasteiger partial charge in [-0.15, -0.1) is 5.10 Å². The second-order valence-corrected chi connectivity index (χ2v) is 6.24. The van der Waals surface area contributed by atoms with Crippen LogP contribution in [-0.2, 0) is 16.2 Å². The van der Waals surface area contributed by atoms with Gasteiger partial charge in [0.05, 0.1) is 14.2 Å². The zero-order valence-corrected chi connectivity index (χ0v) is 14.8. The number of nitrogens with zero attached hydrogens (tertiary/aromatic N) is 2. The highest BCUT2D eigenvalue weighted by molar-refractivity contribution is 7.71. The number of esters is 1. The largest absolute Gasteiger partial charge is 0.497 e. The van der Waals surface area contributed by atoms with Crippen molar-refractivity contribution in [2.75, 3.05) is 20.8 Å². The Morgan fingerprint density at radius 3 is 2.80 bits per heavy atom. The van der Waals surface area contributed by atoms with Crippen LogP contribution in [0.25, 0.3) is 11.5 Å². The third kappa shape index (κ3) is 3.73. The molecule has 1 aromatic heterocycles. The van der Waals surface area contributed by atoms with Crippen LogP contribution in [-0.4, -0.2) is 53.8 Å². The Labute approximate surface area is 149 Å². The van der Waals surface area contributed by atoms with Gasteiger partial charge in [-0.25, -0.2) is 4.79 Å². The van der Waals surface area contributed by atoms with E-state index >= 15 is 0 Å². The molecule has 0 radical (unpaired) electrons. The summed E-state index contributed by atoms with van der Waals surface area (Å²) in [4.78, 5) is 12.9. The maximum absolute atomic E-state index is 11.9. The first-order chi connectivity index (χ1) is 12.0. The predicted octanol–water partition coefficient (Wildman–Crippen LogP) is 0.0298. The summed E-state index contributed by atoms with van der Waals surface area (Å²) in [6, 6.07) is 6.83. The third-order valence-corrected chi connectivity index (χ3v) is 4.57. The lowest BCUT2D eigenvalue weighted by Gasteiger charge is -2.18. The van der Waals surface area contributed by atoms with E-state index in [1.54, 1.807) is 7.11 Å². The monoisotopic (exact) mass is 366 g/mol. The number of aliphatic hydroxyl groups is 1. The zero-order valence-electron chi connectivity index (χ0n) is 14.0. The van der Waals surface area contributed by atoms with Gasteiger partial charge in [0.25, 0.3) is 4.84 Å². The molecule has 25 heavy (non-hydrogen) atoms. The SMILES string of the molecule is COC(=O)[C@@H]1C[C@H](O)C[NH+]1Cn1nc(-c2ccc(OC)cc2)oc1=S. The van der Waals surface area contributed by atoms with Gasteiger partial charge in [-0.2, -0.15) is 4.68 Å². The van der Waals surface area contributed by atoms with E-state index in [9.17, 15) is 9.90 Å². The molecule has 0 saturated carbocycles. The van der Waals surface area contributed by atoms with Crippen LogP contribution in [0.4, 0.5) is 0 Å². The van der Waals surface area contributed by atoms with Crippen molar-refractivity contribution >= 4 is 18.2 Å². The number of carbonyl (C=O) groups excluding carboxylic acids is 1. The molecular weight excluding hydrogens is 346 g/mol. The minimum Gasteiger partial charge on any atom is -0.497 e. The minimum atomic E-state index is -0.554. The molecule has 1 aromatic carbocycles. The quantitative estimate of drug-likeness (QED) is 0.570. The zero-order chi connectivity index (χ0) is 18.0. The van der Waals surface area contributed by atoms with Gasteiger partial charge >= 0.3 is 5.97 Å². The Hall–Kier alpha value is -2.23. The van der Waals surface area contributed by atoms with Crippen molar-refractivity contribution in [2.24, 2.45) is 0 Å². The molecule has 8 nitrogen and oxygen atoms in total. The molecule has 2 aromatic rings. The Kier molecular flexibility index (Phi) is 5.16. The van der Waals surface area contributed by atoms with Gasteiger partial charge in [0.15, 0.2) is 12.7 Å². The molecule has 1 saturated heterocycles. The van der Waals surface area contributed by atoms with E-state index in [-0.39, 0.29) is 10.8 Å². The number of likely N-dealkylation sites (tertiary alicyclic amines) is 1. The fourth-order valence-electron chi connectivity index (χ4n) is 3.00. The number of aromatic nitrogens is 2. The summed E-state index contributed by atoms with van der Waals surface area (Å²) in [7, 11) is 2.94. The second kappa shape index (κ2) is 7.34. The maximum Gasteiger partial charge on any atom is 0.364 e. The molecule has 0 bridgehead atoms. The average Bonchev–Trinajstić information content (AvgIpc) is 3.17. The Balaban J connectivity index is 1.80. The van der Waals surface area contributed by atoms with Crippen molar-refractivity contribution in [3.63, 3.8) is 0 Å². The summed E-state index contributed by atoms with van der Waals surface area (Å²) >= 11 is 5.24. The molecule has 0 aliphatic carbocycles. The number of quaternary nitrogens is 1. The van der Waals surface area contributed by atoms with Crippen molar-refractivity contribution in [1.29, 1.82) is 0 Å². The topological polar surface area (TPSA) is 91.2 Å². The van der Waals surface area contributed by atoms with Gasteiger partial charge in [0.1, 0.15) is 18.4 Å². The summed E-state index contributed by atoms with van der Waals surface area (Å²) in [6.45, 7) is 0.738. The number of benzene rings is 1. The van der Waals surface area contributed by atoms with E-state index in [0.717, 1.165) is 16.2 Å². The van der Waals surface area contributed by atoms with E-state index in [1.807, 2.05) is 24.3 Å². The van der Waals surface area contributed by atoms with Crippen LogP contribution in [0.3, 0.4) is 0 Å². The standard InChI is InChI=1S/C16H19N3O5S/c1-22-12-5-3-10(4-6-12)14-17-19(16(25)24-14)9-18-8-11(20)7-13(18)15(21)23-2/h3-6,11,13,20H,7-9H2,1-2H3/p+1/t11-,13-/m0/s1. The number of carbonyl (C=O) groups is 1. The van der Waals surface area contributed by atoms with Crippen LogP contribution in [0.1, 0.15) is 6.42 Å². The van der Waals surface area contributed by atoms with E-state index in [2.05, 4.69) is 5.10 Å². The molecule has 9 heteroatoms. The number of nitrogens with one attached hydrogen (secondary N) is 1. The summed E-state index contributed by atoms with van der Waals surface area (Å²) in [5, 5.41) is 14.3. The molecule has 1 aliphatic rings. The molecule has 134 valence electrons. The fraction of sp³-hybridized carbons (Fsp3) is 0.438. The molecule has 3 rings (SSSR count). The highest BCUT2D eigenvalue weighted by Crippen LogP contribution is 2.21. The summed E-state index contributed by atoms with van der Waals surface area (Å²) in [5.74, 6) is 0.775. The molecule has 1 unspecified atom stereocenters. The smallest absolute Gasteiger partial charge is 0.364 e. The van der Waals surface area contributed by atoms with E-state index < -0.39 is 12.1 Å². The molecule has 0 amide bonds. The van der Waals surface area contributed by atoms with E-state index in [0.29, 0.717) is 25.5 Å². The van der Waals surface area contributed by atoms with Crippen LogP contribution >= 0.6 is 12.2 Å². The highest BCUT2D eigenvalue weighted by Gasteiger charge is 2.41. The Morgan fingerprint density at radius 2 is 2.16 bits per heavy atom. The molecule has 3 atom stereocenters. The van der Waals surface area contributed by atoms with Crippen molar-refractivity contribution in [1.82, 2.24) is 9.78 Å². The normalized spacial score (nSPS) is 22.8. The lowest BCUT2D eigenvalue weighted by atomic mass is 10.2. The summed E-state index contributed by atoms with van der Waals surface area (Å²) in [5.41, 5.74) is 0.770. The van der Waals surface area contributed by atoms with Gasteiger partial charge in [0, 0.05) is 12.0 Å². The van der Waals surface area contributed by atoms with Crippen LogP contribution in [0, 0.1) is 4.84 Å². The van der Waals surface area contributed by atoms with E-state index in [1.165, 1.54) is 11.8 Å². The van der Waals surface area contributed by atoms with Gasteiger partial charge in [-0.3, -0.25) is 0 Å². The Bertz CT molecular complexity index is 801. The maximum atomic E-state index is 11.9. The van der Waals surface area contributed by atoms with Crippen molar-refractivity contribution in [3.05, 3.63) is 29.1 Å². The number of hydrogen-bond acceptors (Lipinski definition) is 7. The molecular formula is C16H20N3O5S+. The first kappa shape index (κ1) is 17.6. The van der Waals surface area contributed by atoms with Gasteiger partial charge < -0.3 is 23.9 Å².